The van der Waals surface area contributed by atoms with Crippen LogP contribution in [0.2, 0.25) is 5.02 Å². The largest absolute Gasteiger partial charge is 0.454 e. The number of halogens is 1. The fourth-order valence-corrected chi connectivity index (χ4v) is 3.72. The highest BCUT2D eigenvalue weighted by Gasteiger charge is 2.22. The molecule has 132 valence electrons. The first kappa shape index (κ1) is 17.6. The van der Waals surface area contributed by atoms with Crippen LogP contribution in [0.5, 0.6) is 11.5 Å². The highest BCUT2D eigenvalue weighted by molar-refractivity contribution is 7.92. The third-order valence-corrected chi connectivity index (χ3v) is 5.65. The van der Waals surface area contributed by atoms with Gasteiger partial charge in [0.25, 0.3) is 0 Å². The van der Waals surface area contributed by atoms with E-state index in [4.69, 9.17) is 21.1 Å². The van der Waals surface area contributed by atoms with Crippen molar-refractivity contribution in [1.29, 1.82) is 0 Å². The van der Waals surface area contributed by atoms with Crippen LogP contribution in [-0.4, -0.2) is 26.9 Å². The molecular formula is C17H16ClNO5S. The number of sulfone groups is 1. The fourth-order valence-electron chi connectivity index (χ4n) is 2.45. The quantitative estimate of drug-likeness (QED) is 0.861. The lowest BCUT2D eigenvalue weighted by molar-refractivity contribution is -0.119. The summed E-state index contributed by atoms with van der Waals surface area (Å²) in [6.45, 7) is 1.93. The van der Waals surface area contributed by atoms with Crippen LogP contribution in [0.4, 0.5) is 0 Å². The summed E-state index contributed by atoms with van der Waals surface area (Å²) in [5, 5.41) is 3.11. The van der Waals surface area contributed by atoms with Gasteiger partial charge in [0.05, 0.1) is 10.9 Å². The second-order valence-electron chi connectivity index (χ2n) is 5.61. The van der Waals surface area contributed by atoms with E-state index in [-0.39, 0.29) is 17.7 Å². The standard InChI is InChI=1S/C17H16ClNO5S/c1-11(12-2-7-15-16(8-12)24-10-23-15)19-17(20)9-25(21,22)14-5-3-13(18)4-6-14/h2-8,11H,9-10H2,1H3,(H,19,20). The van der Waals surface area contributed by atoms with Crippen molar-refractivity contribution in [3.63, 3.8) is 0 Å². The van der Waals surface area contributed by atoms with E-state index in [2.05, 4.69) is 5.32 Å². The van der Waals surface area contributed by atoms with Crippen LogP contribution in [0.25, 0.3) is 0 Å². The van der Waals surface area contributed by atoms with Gasteiger partial charge in [-0.15, -0.1) is 0 Å². The molecule has 0 saturated heterocycles. The lowest BCUT2D eigenvalue weighted by atomic mass is 10.1. The van der Waals surface area contributed by atoms with Crippen molar-refractivity contribution >= 4 is 27.3 Å². The highest BCUT2D eigenvalue weighted by Crippen LogP contribution is 2.34. The normalized spacial score (nSPS) is 14.2. The number of hydrogen-bond donors (Lipinski definition) is 1. The molecule has 0 fully saturated rings. The fraction of sp³-hybridized carbons (Fsp3) is 0.235. The zero-order valence-electron chi connectivity index (χ0n) is 13.4. The Hall–Kier alpha value is -2.25. The molecule has 1 amide bonds. The van der Waals surface area contributed by atoms with Gasteiger partial charge in [-0.3, -0.25) is 4.79 Å². The zero-order valence-corrected chi connectivity index (χ0v) is 14.9. The van der Waals surface area contributed by atoms with Crippen LogP contribution in [-0.2, 0) is 14.6 Å². The van der Waals surface area contributed by atoms with Crippen molar-refractivity contribution in [3.8, 4) is 11.5 Å². The smallest absolute Gasteiger partial charge is 0.236 e. The maximum Gasteiger partial charge on any atom is 0.236 e. The minimum Gasteiger partial charge on any atom is -0.454 e. The summed E-state index contributed by atoms with van der Waals surface area (Å²) in [6.07, 6.45) is 0. The van der Waals surface area contributed by atoms with Gasteiger partial charge >= 0.3 is 0 Å². The summed E-state index contributed by atoms with van der Waals surface area (Å²) in [4.78, 5) is 12.2. The van der Waals surface area contributed by atoms with Crippen LogP contribution in [0.15, 0.2) is 47.4 Å². The Morgan fingerprint density at radius 2 is 1.84 bits per heavy atom. The zero-order chi connectivity index (χ0) is 18.0. The van der Waals surface area contributed by atoms with Gasteiger partial charge < -0.3 is 14.8 Å². The Kier molecular flexibility index (Phi) is 4.87. The second kappa shape index (κ2) is 6.93. The van der Waals surface area contributed by atoms with Gasteiger partial charge in [-0.2, -0.15) is 0 Å². The first-order chi connectivity index (χ1) is 11.8. The first-order valence-electron chi connectivity index (χ1n) is 7.52. The maximum absolute atomic E-state index is 12.3. The van der Waals surface area contributed by atoms with E-state index in [0.717, 1.165) is 5.56 Å². The van der Waals surface area contributed by atoms with Gasteiger partial charge in [0, 0.05) is 5.02 Å². The molecule has 0 bridgehead atoms. The molecule has 1 aliphatic heterocycles. The van der Waals surface area contributed by atoms with Gasteiger partial charge in [-0.05, 0) is 48.9 Å². The van der Waals surface area contributed by atoms with Crippen LogP contribution >= 0.6 is 11.6 Å². The minimum absolute atomic E-state index is 0.0581. The Morgan fingerprint density at radius 1 is 1.16 bits per heavy atom. The number of hydrogen-bond acceptors (Lipinski definition) is 5. The molecule has 1 heterocycles. The predicted octanol–water partition coefficient (Wildman–Crippen LogP) is 2.72. The van der Waals surface area contributed by atoms with E-state index in [1.54, 1.807) is 25.1 Å². The van der Waals surface area contributed by atoms with Gasteiger partial charge in [-0.25, -0.2) is 8.42 Å². The van der Waals surface area contributed by atoms with Crippen molar-refractivity contribution in [2.24, 2.45) is 0 Å². The third-order valence-electron chi connectivity index (χ3n) is 3.77. The number of carbonyl (C=O) groups excluding carboxylic acids is 1. The number of carbonyl (C=O) groups is 1. The molecule has 0 aromatic heterocycles. The number of fused-ring (bicyclic) bond motifs is 1. The topological polar surface area (TPSA) is 81.7 Å². The van der Waals surface area contributed by atoms with Crippen molar-refractivity contribution in [2.45, 2.75) is 17.9 Å². The molecule has 0 radical (unpaired) electrons. The van der Waals surface area contributed by atoms with Crippen LogP contribution in [0.3, 0.4) is 0 Å². The number of rotatable bonds is 5. The van der Waals surface area contributed by atoms with Gasteiger partial charge in [0.15, 0.2) is 21.3 Å². The molecule has 0 saturated carbocycles. The van der Waals surface area contributed by atoms with Gasteiger partial charge in [0.2, 0.25) is 12.7 Å². The summed E-state index contributed by atoms with van der Waals surface area (Å²) < 4.78 is 35.1. The minimum atomic E-state index is -3.73. The van der Waals surface area contributed by atoms with Crippen molar-refractivity contribution in [3.05, 3.63) is 53.1 Å². The first-order valence-corrected chi connectivity index (χ1v) is 9.55. The van der Waals surface area contributed by atoms with E-state index in [0.29, 0.717) is 16.5 Å². The van der Waals surface area contributed by atoms with Crippen molar-refractivity contribution in [2.75, 3.05) is 12.5 Å². The summed E-state index contributed by atoms with van der Waals surface area (Å²) in [6, 6.07) is 10.7. The maximum atomic E-state index is 12.3. The van der Waals surface area contributed by atoms with E-state index >= 15 is 0 Å². The average Bonchev–Trinajstić information content (AvgIpc) is 3.02. The summed E-state index contributed by atoms with van der Waals surface area (Å²) in [5.41, 5.74) is 0.793. The average molecular weight is 382 g/mol. The number of nitrogens with one attached hydrogen (secondary N) is 1. The second-order valence-corrected chi connectivity index (χ2v) is 8.04. The van der Waals surface area contributed by atoms with Crippen LogP contribution in [0.1, 0.15) is 18.5 Å². The van der Waals surface area contributed by atoms with Gasteiger partial charge in [-0.1, -0.05) is 17.7 Å². The third kappa shape index (κ3) is 4.05. The van der Waals surface area contributed by atoms with Crippen molar-refractivity contribution in [1.82, 2.24) is 5.32 Å². The number of benzene rings is 2. The number of ether oxygens (including phenoxy) is 2. The Balaban J connectivity index is 1.66. The molecule has 25 heavy (non-hydrogen) atoms. The molecule has 2 aromatic carbocycles. The summed E-state index contributed by atoms with van der Waals surface area (Å²) >= 11 is 5.75. The van der Waals surface area contributed by atoms with E-state index in [1.807, 2.05) is 0 Å². The van der Waals surface area contributed by atoms with E-state index in [1.165, 1.54) is 24.3 Å². The van der Waals surface area contributed by atoms with Gasteiger partial charge in [0.1, 0.15) is 5.75 Å². The van der Waals surface area contributed by atoms with Crippen molar-refractivity contribution < 1.29 is 22.7 Å². The SMILES string of the molecule is CC(NC(=O)CS(=O)(=O)c1ccc(Cl)cc1)c1ccc2c(c1)OCO2. The molecule has 6 nitrogen and oxygen atoms in total. The molecule has 1 atom stereocenters. The molecule has 0 aliphatic carbocycles. The van der Waals surface area contributed by atoms with Crippen LogP contribution in [0, 0.1) is 0 Å². The lowest BCUT2D eigenvalue weighted by Crippen LogP contribution is -2.32. The lowest BCUT2D eigenvalue weighted by Gasteiger charge is -2.15. The molecule has 1 unspecified atom stereocenters. The molecule has 0 spiro atoms. The Labute approximate surface area is 150 Å². The van der Waals surface area contributed by atoms with Crippen LogP contribution < -0.4 is 14.8 Å². The molecule has 2 aromatic rings. The molecule has 3 rings (SSSR count). The predicted molar refractivity (Wildman–Crippen MR) is 92.6 cm³/mol. The van der Waals surface area contributed by atoms with E-state index < -0.39 is 21.5 Å². The molecule has 1 N–H and O–H groups in total. The molecule has 1 aliphatic rings. The molecular weight excluding hydrogens is 366 g/mol. The summed E-state index contributed by atoms with van der Waals surface area (Å²) in [7, 11) is -3.73. The Morgan fingerprint density at radius 3 is 2.56 bits per heavy atom. The number of amides is 1. The monoisotopic (exact) mass is 381 g/mol. The van der Waals surface area contributed by atoms with E-state index in [9.17, 15) is 13.2 Å². The summed E-state index contributed by atoms with van der Waals surface area (Å²) in [5.74, 6) is 0.0314. The highest BCUT2D eigenvalue weighted by atomic mass is 35.5. The molecule has 8 heteroatoms. The Bertz CT molecular complexity index is 896.